The standard InChI is InChI=1S/C25H23Cl3N2O3S/c1-4-23(25(32)30-21-10-14(2)19(27)13-22(21)33-3)34-17-7-5-6-16(12-17)29-24(31)18-9-8-15(26)11-20(18)28/h5-13,23H,4H2,1-3H3,(H,29,31)(H,30,32). The van der Waals surface area contributed by atoms with E-state index in [0.29, 0.717) is 39.2 Å². The molecule has 34 heavy (non-hydrogen) atoms. The highest BCUT2D eigenvalue weighted by Gasteiger charge is 2.20. The van der Waals surface area contributed by atoms with Crippen LogP contribution in [0.1, 0.15) is 29.3 Å². The molecule has 3 rings (SSSR count). The minimum absolute atomic E-state index is 0.157. The molecule has 2 amide bonds. The van der Waals surface area contributed by atoms with Crippen molar-refractivity contribution >= 4 is 69.8 Å². The van der Waals surface area contributed by atoms with Crippen molar-refractivity contribution in [2.75, 3.05) is 17.7 Å². The van der Waals surface area contributed by atoms with E-state index in [-0.39, 0.29) is 22.1 Å². The third-order valence-electron chi connectivity index (χ3n) is 4.95. The number of amides is 2. The lowest BCUT2D eigenvalue weighted by Crippen LogP contribution is -2.24. The Labute approximate surface area is 218 Å². The first-order valence-electron chi connectivity index (χ1n) is 10.4. The molecule has 2 N–H and O–H groups in total. The lowest BCUT2D eigenvalue weighted by Gasteiger charge is -2.17. The quantitative estimate of drug-likeness (QED) is 0.289. The lowest BCUT2D eigenvalue weighted by molar-refractivity contribution is -0.115. The lowest BCUT2D eigenvalue weighted by atomic mass is 10.2. The molecule has 0 fully saturated rings. The van der Waals surface area contributed by atoms with Crippen LogP contribution < -0.4 is 15.4 Å². The van der Waals surface area contributed by atoms with Crippen LogP contribution in [0.25, 0.3) is 0 Å². The van der Waals surface area contributed by atoms with Crippen molar-refractivity contribution in [1.82, 2.24) is 0 Å². The van der Waals surface area contributed by atoms with Crippen molar-refractivity contribution in [2.24, 2.45) is 0 Å². The van der Waals surface area contributed by atoms with Crippen LogP contribution in [0.2, 0.25) is 15.1 Å². The second-order valence-corrected chi connectivity index (χ2v) is 9.94. The summed E-state index contributed by atoms with van der Waals surface area (Å²) in [5.41, 5.74) is 2.31. The van der Waals surface area contributed by atoms with Crippen LogP contribution in [0.15, 0.2) is 59.5 Å². The Kier molecular flexibility index (Phi) is 9.14. The van der Waals surface area contributed by atoms with E-state index in [1.54, 1.807) is 30.3 Å². The molecular weight excluding hydrogens is 515 g/mol. The summed E-state index contributed by atoms with van der Waals surface area (Å²) < 4.78 is 5.35. The van der Waals surface area contributed by atoms with Crippen molar-refractivity contribution in [3.8, 4) is 5.75 Å². The minimum atomic E-state index is -0.364. The highest BCUT2D eigenvalue weighted by Crippen LogP contribution is 2.33. The number of aryl methyl sites for hydroxylation is 1. The largest absolute Gasteiger partial charge is 0.495 e. The Morgan fingerprint density at radius 2 is 1.76 bits per heavy atom. The van der Waals surface area contributed by atoms with Gasteiger partial charge < -0.3 is 15.4 Å². The molecule has 0 aliphatic rings. The summed E-state index contributed by atoms with van der Waals surface area (Å²) in [6, 6.07) is 15.5. The average molecular weight is 538 g/mol. The van der Waals surface area contributed by atoms with Gasteiger partial charge in [0.2, 0.25) is 5.91 Å². The summed E-state index contributed by atoms with van der Waals surface area (Å²) in [6.45, 7) is 3.80. The van der Waals surface area contributed by atoms with Crippen molar-refractivity contribution in [3.05, 3.63) is 80.8 Å². The SMILES string of the molecule is CCC(Sc1cccc(NC(=O)c2ccc(Cl)cc2Cl)c1)C(=O)Nc1cc(C)c(Cl)cc1OC. The predicted octanol–water partition coefficient (Wildman–Crippen LogP) is 7.73. The van der Waals surface area contributed by atoms with Gasteiger partial charge in [0.1, 0.15) is 5.75 Å². The molecule has 0 radical (unpaired) electrons. The predicted molar refractivity (Wildman–Crippen MR) is 142 cm³/mol. The Bertz CT molecular complexity index is 1220. The molecule has 0 saturated carbocycles. The van der Waals surface area contributed by atoms with Gasteiger partial charge in [-0.3, -0.25) is 9.59 Å². The maximum absolute atomic E-state index is 13.0. The van der Waals surface area contributed by atoms with Crippen LogP contribution in [0.4, 0.5) is 11.4 Å². The number of halogens is 3. The van der Waals surface area contributed by atoms with Crippen molar-refractivity contribution in [1.29, 1.82) is 0 Å². The number of benzene rings is 3. The van der Waals surface area contributed by atoms with E-state index in [1.165, 1.54) is 24.9 Å². The maximum atomic E-state index is 13.0. The molecule has 9 heteroatoms. The number of anilines is 2. The zero-order valence-electron chi connectivity index (χ0n) is 18.7. The third-order valence-corrected chi connectivity index (χ3v) is 7.26. The van der Waals surface area contributed by atoms with E-state index in [2.05, 4.69) is 10.6 Å². The molecule has 1 unspecified atom stereocenters. The van der Waals surface area contributed by atoms with Gasteiger partial charge in [0.05, 0.1) is 28.6 Å². The van der Waals surface area contributed by atoms with E-state index >= 15 is 0 Å². The molecule has 178 valence electrons. The van der Waals surface area contributed by atoms with Gasteiger partial charge in [-0.25, -0.2) is 0 Å². The molecule has 3 aromatic rings. The summed E-state index contributed by atoms with van der Waals surface area (Å²) in [6.07, 6.45) is 0.600. The van der Waals surface area contributed by atoms with Crippen LogP contribution >= 0.6 is 46.6 Å². The highest BCUT2D eigenvalue weighted by molar-refractivity contribution is 8.00. The van der Waals surface area contributed by atoms with Gasteiger partial charge in [-0.2, -0.15) is 0 Å². The number of carbonyl (C=O) groups excluding carboxylic acids is 2. The molecule has 5 nitrogen and oxygen atoms in total. The van der Waals surface area contributed by atoms with Crippen LogP contribution in [0.5, 0.6) is 5.75 Å². The second-order valence-electron chi connectivity index (χ2n) is 7.41. The van der Waals surface area contributed by atoms with Crippen molar-refractivity contribution < 1.29 is 14.3 Å². The fourth-order valence-corrected chi connectivity index (χ4v) is 4.81. The van der Waals surface area contributed by atoms with Gasteiger partial charge in [-0.15, -0.1) is 11.8 Å². The summed E-state index contributed by atoms with van der Waals surface area (Å²) in [4.78, 5) is 26.5. The molecule has 1 atom stereocenters. The number of hydrogen-bond donors (Lipinski definition) is 2. The molecule has 0 aromatic heterocycles. The molecule has 0 bridgehead atoms. The third kappa shape index (κ3) is 6.60. The van der Waals surface area contributed by atoms with Crippen LogP contribution in [-0.4, -0.2) is 24.2 Å². The summed E-state index contributed by atoms with van der Waals surface area (Å²) in [7, 11) is 1.53. The Morgan fingerprint density at radius 3 is 2.44 bits per heavy atom. The van der Waals surface area contributed by atoms with E-state index in [4.69, 9.17) is 39.5 Å². The fraction of sp³-hybridized carbons (Fsp3) is 0.200. The van der Waals surface area contributed by atoms with E-state index in [0.717, 1.165) is 10.5 Å². The number of ether oxygens (including phenoxy) is 1. The molecular formula is C25H23Cl3N2O3S. The first kappa shape index (κ1) is 26.2. The number of hydrogen-bond acceptors (Lipinski definition) is 4. The molecule has 0 aliphatic heterocycles. The van der Waals surface area contributed by atoms with Crippen LogP contribution in [0.3, 0.4) is 0 Å². The van der Waals surface area contributed by atoms with Gasteiger partial charge in [0.25, 0.3) is 5.91 Å². The Morgan fingerprint density at radius 1 is 1.00 bits per heavy atom. The maximum Gasteiger partial charge on any atom is 0.257 e. The zero-order chi connectivity index (χ0) is 24.8. The topological polar surface area (TPSA) is 67.4 Å². The molecule has 0 heterocycles. The number of carbonyl (C=O) groups is 2. The van der Waals surface area contributed by atoms with Gasteiger partial charge in [-0.05, 0) is 61.4 Å². The fourth-order valence-electron chi connectivity index (χ4n) is 3.15. The molecule has 0 spiro atoms. The normalized spacial score (nSPS) is 11.6. The molecule has 0 aliphatic carbocycles. The highest BCUT2D eigenvalue weighted by atomic mass is 35.5. The number of nitrogens with one attached hydrogen (secondary N) is 2. The van der Waals surface area contributed by atoms with Crippen molar-refractivity contribution in [3.63, 3.8) is 0 Å². The average Bonchev–Trinajstić information content (AvgIpc) is 2.79. The smallest absolute Gasteiger partial charge is 0.257 e. The first-order chi connectivity index (χ1) is 16.2. The van der Waals surface area contributed by atoms with E-state index < -0.39 is 0 Å². The summed E-state index contributed by atoms with van der Waals surface area (Å²) >= 11 is 19.6. The summed E-state index contributed by atoms with van der Waals surface area (Å²) in [5.74, 6) is -0.0110. The van der Waals surface area contributed by atoms with Crippen molar-refractivity contribution in [2.45, 2.75) is 30.4 Å². The van der Waals surface area contributed by atoms with Gasteiger partial charge in [0.15, 0.2) is 0 Å². The van der Waals surface area contributed by atoms with Crippen LogP contribution in [0, 0.1) is 6.92 Å². The van der Waals surface area contributed by atoms with E-state index in [9.17, 15) is 9.59 Å². The van der Waals surface area contributed by atoms with E-state index in [1.807, 2.05) is 32.0 Å². The minimum Gasteiger partial charge on any atom is -0.495 e. The molecule has 0 saturated heterocycles. The Hall–Kier alpha value is -2.38. The second kappa shape index (κ2) is 11.8. The number of methoxy groups -OCH3 is 1. The summed E-state index contributed by atoms with van der Waals surface area (Å²) in [5, 5.41) is 6.70. The monoisotopic (exact) mass is 536 g/mol. The van der Waals surface area contributed by atoms with Gasteiger partial charge in [0, 0.05) is 26.7 Å². The van der Waals surface area contributed by atoms with Crippen LogP contribution in [-0.2, 0) is 4.79 Å². The van der Waals surface area contributed by atoms with Gasteiger partial charge in [-0.1, -0.05) is 47.8 Å². The molecule has 3 aromatic carbocycles. The first-order valence-corrected chi connectivity index (χ1v) is 12.4. The zero-order valence-corrected chi connectivity index (χ0v) is 21.8. The Balaban J connectivity index is 1.72. The number of rotatable bonds is 8. The van der Waals surface area contributed by atoms with Gasteiger partial charge >= 0.3 is 0 Å². The number of thioether (sulfide) groups is 1.